The number of rotatable bonds is 3. The van der Waals surface area contributed by atoms with Gasteiger partial charge in [0.1, 0.15) is 6.07 Å². The minimum Gasteiger partial charge on any atom is -0.478 e. The highest BCUT2D eigenvalue weighted by Crippen LogP contribution is 2.24. The summed E-state index contributed by atoms with van der Waals surface area (Å²) < 4.78 is 5.22. The fourth-order valence-electron chi connectivity index (χ4n) is 2.50. The first-order valence-corrected chi connectivity index (χ1v) is 7.13. The molecule has 0 aliphatic carbocycles. The Bertz CT molecular complexity index is 760. The number of amides is 3. The molecule has 2 aliphatic rings. The van der Waals surface area contributed by atoms with Crippen molar-refractivity contribution < 1.29 is 19.1 Å². The summed E-state index contributed by atoms with van der Waals surface area (Å²) in [5.41, 5.74) is 1.03. The van der Waals surface area contributed by atoms with Crippen molar-refractivity contribution in [1.82, 2.24) is 5.32 Å². The van der Waals surface area contributed by atoms with E-state index in [2.05, 4.69) is 5.32 Å². The number of imide groups is 1. The third kappa shape index (κ3) is 2.79. The molecule has 0 spiro atoms. The predicted octanol–water partition coefficient (Wildman–Crippen LogP) is 1.23. The molecule has 23 heavy (non-hydrogen) atoms. The van der Waals surface area contributed by atoms with Crippen LogP contribution in [0.4, 0.5) is 5.69 Å². The Labute approximate surface area is 132 Å². The molecule has 0 bridgehead atoms. The number of nitriles is 1. The molecule has 1 fully saturated rings. The lowest BCUT2D eigenvalue weighted by molar-refractivity contribution is -0.121. The molecule has 2 aliphatic heterocycles. The number of hydrogen-bond acceptors (Lipinski definition) is 5. The summed E-state index contributed by atoms with van der Waals surface area (Å²) in [4.78, 5) is 36.9. The number of hydrogen-bond donors (Lipinski definition) is 1. The van der Waals surface area contributed by atoms with Crippen molar-refractivity contribution in [2.45, 2.75) is 19.3 Å². The first-order chi connectivity index (χ1) is 11.1. The van der Waals surface area contributed by atoms with Crippen LogP contribution in [0.5, 0.6) is 0 Å². The standard InChI is InChI=1S/C16H13N3O4/c17-9-11-6-7-23-16(11)18-15(22)10-2-1-3-12(8-10)19-13(20)4-5-14(19)21/h1-3,8H,4-7H2,(H,18,22). The van der Waals surface area contributed by atoms with E-state index < -0.39 is 5.91 Å². The average molecular weight is 311 g/mol. The second-order valence-electron chi connectivity index (χ2n) is 5.15. The molecule has 0 unspecified atom stereocenters. The maximum atomic E-state index is 12.3. The molecule has 1 aromatic rings. The lowest BCUT2D eigenvalue weighted by Crippen LogP contribution is -2.29. The van der Waals surface area contributed by atoms with Crippen LogP contribution < -0.4 is 10.2 Å². The zero-order valence-electron chi connectivity index (χ0n) is 12.2. The van der Waals surface area contributed by atoms with Crippen LogP contribution in [0.2, 0.25) is 0 Å². The van der Waals surface area contributed by atoms with Gasteiger partial charge in [0.05, 0.1) is 17.9 Å². The fourth-order valence-corrected chi connectivity index (χ4v) is 2.50. The van der Waals surface area contributed by atoms with Gasteiger partial charge in [-0.05, 0) is 18.2 Å². The largest absolute Gasteiger partial charge is 0.478 e. The van der Waals surface area contributed by atoms with Crippen molar-refractivity contribution in [2.75, 3.05) is 11.5 Å². The van der Waals surface area contributed by atoms with Crippen molar-refractivity contribution in [3.05, 3.63) is 41.3 Å². The van der Waals surface area contributed by atoms with E-state index in [4.69, 9.17) is 10.00 Å². The summed E-state index contributed by atoms with van der Waals surface area (Å²) in [5.74, 6) is -0.853. The summed E-state index contributed by atoms with van der Waals surface area (Å²) >= 11 is 0. The van der Waals surface area contributed by atoms with Crippen LogP contribution in [0, 0.1) is 11.3 Å². The van der Waals surface area contributed by atoms with E-state index in [1.54, 1.807) is 18.2 Å². The van der Waals surface area contributed by atoms with Gasteiger partial charge in [-0.2, -0.15) is 5.26 Å². The first-order valence-electron chi connectivity index (χ1n) is 7.13. The van der Waals surface area contributed by atoms with Gasteiger partial charge >= 0.3 is 0 Å². The van der Waals surface area contributed by atoms with Gasteiger partial charge in [0.2, 0.25) is 17.7 Å². The van der Waals surface area contributed by atoms with E-state index in [9.17, 15) is 14.4 Å². The Morgan fingerprint density at radius 3 is 2.65 bits per heavy atom. The molecular weight excluding hydrogens is 298 g/mol. The lowest BCUT2D eigenvalue weighted by Gasteiger charge is -2.15. The van der Waals surface area contributed by atoms with Gasteiger partial charge in [-0.1, -0.05) is 6.07 Å². The molecule has 7 heteroatoms. The van der Waals surface area contributed by atoms with Gasteiger partial charge in [0.15, 0.2) is 0 Å². The Kier molecular flexibility index (Phi) is 3.81. The van der Waals surface area contributed by atoms with E-state index in [1.807, 2.05) is 6.07 Å². The van der Waals surface area contributed by atoms with Gasteiger partial charge < -0.3 is 4.74 Å². The number of carbonyl (C=O) groups is 3. The second-order valence-corrected chi connectivity index (χ2v) is 5.15. The molecule has 0 atom stereocenters. The Hall–Kier alpha value is -3.14. The number of nitrogens with one attached hydrogen (secondary N) is 1. The minimum atomic E-state index is -0.462. The molecule has 116 valence electrons. The summed E-state index contributed by atoms with van der Waals surface area (Å²) in [6, 6.07) is 8.21. The molecule has 0 radical (unpaired) electrons. The van der Waals surface area contributed by atoms with Gasteiger partial charge in [0, 0.05) is 24.8 Å². The van der Waals surface area contributed by atoms with Crippen LogP contribution in [0.1, 0.15) is 29.6 Å². The highest BCUT2D eigenvalue weighted by atomic mass is 16.5. The first kappa shape index (κ1) is 14.8. The zero-order valence-corrected chi connectivity index (χ0v) is 12.2. The van der Waals surface area contributed by atoms with Crippen LogP contribution in [0.25, 0.3) is 0 Å². The molecule has 3 amide bonds. The topological polar surface area (TPSA) is 99.5 Å². The van der Waals surface area contributed by atoms with Crippen molar-refractivity contribution in [3.63, 3.8) is 0 Å². The SMILES string of the molecule is N#CC1=C(NC(=O)c2cccc(N3C(=O)CCC3=O)c2)OCC1. The van der Waals surface area contributed by atoms with Crippen LogP contribution in [0.3, 0.4) is 0 Å². The highest BCUT2D eigenvalue weighted by Gasteiger charge is 2.30. The smallest absolute Gasteiger partial charge is 0.258 e. The third-order valence-electron chi connectivity index (χ3n) is 3.65. The van der Waals surface area contributed by atoms with E-state index in [0.717, 1.165) is 4.90 Å². The molecule has 7 nitrogen and oxygen atoms in total. The lowest BCUT2D eigenvalue weighted by atomic mass is 10.1. The van der Waals surface area contributed by atoms with E-state index >= 15 is 0 Å². The minimum absolute atomic E-state index is 0.163. The second kappa shape index (κ2) is 5.93. The third-order valence-corrected chi connectivity index (χ3v) is 3.65. The van der Waals surface area contributed by atoms with E-state index in [1.165, 1.54) is 6.07 Å². The molecule has 1 aromatic carbocycles. The quantitative estimate of drug-likeness (QED) is 0.846. The maximum absolute atomic E-state index is 12.3. The zero-order chi connectivity index (χ0) is 16.4. The molecule has 2 heterocycles. The Balaban J connectivity index is 1.83. The number of nitrogens with zero attached hydrogens (tertiary/aromatic N) is 2. The molecule has 0 saturated carbocycles. The number of benzene rings is 1. The number of anilines is 1. The van der Waals surface area contributed by atoms with Crippen LogP contribution in [-0.4, -0.2) is 24.3 Å². The van der Waals surface area contributed by atoms with Crippen molar-refractivity contribution in [1.29, 1.82) is 5.26 Å². The monoisotopic (exact) mass is 311 g/mol. The Morgan fingerprint density at radius 1 is 1.22 bits per heavy atom. The highest BCUT2D eigenvalue weighted by molar-refractivity contribution is 6.20. The number of ether oxygens (including phenoxy) is 1. The summed E-state index contributed by atoms with van der Waals surface area (Å²) in [6.45, 7) is 0.356. The van der Waals surface area contributed by atoms with Gasteiger partial charge in [-0.3, -0.25) is 24.6 Å². The summed E-state index contributed by atoms with van der Waals surface area (Å²) in [6.07, 6.45) is 0.825. The molecule has 1 N–H and O–H groups in total. The van der Waals surface area contributed by atoms with Crippen molar-refractivity contribution >= 4 is 23.4 Å². The Morgan fingerprint density at radius 2 is 1.96 bits per heavy atom. The van der Waals surface area contributed by atoms with E-state index in [-0.39, 0.29) is 36.1 Å². The summed E-state index contributed by atoms with van der Waals surface area (Å²) in [5, 5.41) is 11.5. The maximum Gasteiger partial charge on any atom is 0.258 e. The summed E-state index contributed by atoms with van der Waals surface area (Å²) in [7, 11) is 0. The van der Waals surface area contributed by atoms with Gasteiger partial charge in [-0.15, -0.1) is 0 Å². The molecule has 3 rings (SSSR count). The van der Waals surface area contributed by atoms with Gasteiger partial charge in [-0.25, -0.2) is 0 Å². The normalized spacial score (nSPS) is 17.3. The average Bonchev–Trinajstić information content (AvgIpc) is 3.13. The van der Waals surface area contributed by atoms with Gasteiger partial charge in [0.25, 0.3) is 5.91 Å². The van der Waals surface area contributed by atoms with Crippen molar-refractivity contribution in [2.24, 2.45) is 0 Å². The molecule has 0 aromatic heterocycles. The fraction of sp³-hybridized carbons (Fsp3) is 0.250. The van der Waals surface area contributed by atoms with Crippen LogP contribution >= 0.6 is 0 Å². The van der Waals surface area contributed by atoms with Crippen LogP contribution in [0.15, 0.2) is 35.7 Å². The molecular formula is C16H13N3O4. The predicted molar refractivity (Wildman–Crippen MR) is 78.8 cm³/mol. The van der Waals surface area contributed by atoms with Crippen LogP contribution in [-0.2, 0) is 14.3 Å². The number of carbonyl (C=O) groups excluding carboxylic acids is 3. The van der Waals surface area contributed by atoms with E-state index in [0.29, 0.717) is 24.3 Å². The van der Waals surface area contributed by atoms with Crippen molar-refractivity contribution in [3.8, 4) is 6.07 Å². The molecule has 1 saturated heterocycles.